The molecule has 5 nitrogen and oxygen atoms in total. The van der Waals surface area contributed by atoms with Gasteiger partial charge < -0.3 is 19.7 Å². The van der Waals surface area contributed by atoms with Crippen molar-refractivity contribution in [2.75, 3.05) is 12.5 Å². The summed E-state index contributed by atoms with van der Waals surface area (Å²) >= 11 is 0. The molecule has 0 unspecified atom stereocenters. The maximum absolute atomic E-state index is 12.7. The van der Waals surface area contributed by atoms with Crippen LogP contribution in [0.2, 0.25) is 0 Å². The fraction of sp³-hybridized carbons (Fsp3) is 0.182. The zero-order valence-corrected chi connectivity index (χ0v) is 8.77. The average molecular weight is 236 g/mol. The molecular formula is C11H9FN2O3. The van der Waals surface area contributed by atoms with E-state index in [4.69, 9.17) is 19.7 Å². The smallest absolute Gasteiger partial charge is 0.231 e. The van der Waals surface area contributed by atoms with Crippen LogP contribution in [0.3, 0.4) is 0 Å². The molecule has 0 radical (unpaired) electrons. The molecular weight excluding hydrogens is 227 g/mol. The molecule has 88 valence electrons. The van der Waals surface area contributed by atoms with E-state index in [1.807, 2.05) is 0 Å². The molecule has 0 spiro atoms. The van der Waals surface area contributed by atoms with E-state index in [1.165, 1.54) is 0 Å². The topological polar surface area (TPSA) is 70.5 Å². The van der Waals surface area contributed by atoms with E-state index in [0.717, 1.165) is 0 Å². The predicted octanol–water partition coefficient (Wildman–Crippen LogP) is 2.12. The van der Waals surface area contributed by atoms with Crippen LogP contribution in [-0.4, -0.2) is 11.9 Å². The van der Waals surface area contributed by atoms with Crippen molar-refractivity contribution in [3.63, 3.8) is 0 Å². The fourth-order valence-electron chi connectivity index (χ4n) is 1.75. The van der Waals surface area contributed by atoms with E-state index in [2.05, 4.69) is 5.16 Å². The largest absolute Gasteiger partial charge is 0.454 e. The number of anilines is 1. The van der Waals surface area contributed by atoms with E-state index < -0.39 is 6.67 Å². The number of rotatable bonds is 2. The summed E-state index contributed by atoms with van der Waals surface area (Å²) in [5, 5.41) is 3.78. The van der Waals surface area contributed by atoms with Gasteiger partial charge in [0.25, 0.3) is 0 Å². The molecule has 2 N–H and O–H groups in total. The number of aromatic nitrogens is 1. The number of hydrogen-bond acceptors (Lipinski definition) is 5. The number of ether oxygens (including phenoxy) is 2. The van der Waals surface area contributed by atoms with Gasteiger partial charge in [-0.2, -0.15) is 0 Å². The lowest BCUT2D eigenvalue weighted by molar-refractivity contribution is 0.174. The van der Waals surface area contributed by atoms with Gasteiger partial charge in [-0.3, -0.25) is 0 Å². The second kappa shape index (κ2) is 3.65. The third kappa shape index (κ3) is 1.57. The average Bonchev–Trinajstić information content (AvgIpc) is 2.95. The highest BCUT2D eigenvalue weighted by atomic mass is 19.1. The number of nitrogens with two attached hydrogens (primary N) is 1. The van der Waals surface area contributed by atoms with Gasteiger partial charge in [0.05, 0.1) is 5.56 Å². The molecule has 0 atom stereocenters. The van der Waals surface area contributed by atoms with Crippen LogP contribution >= 0.6 is 0 Å². The number of nitrogens with zero attached hydrogens (tertiary/aromatic N) is 1. The van der Waals surface area contributed by atoms with E-state index in [0.29, 0.717) is 28.3 Å². The molecule has 1 aromatic carbocycles. The molecule has 2 aromatic rings. The monoisotopic (exact) mass is 236 g/mol. The second-order valence-corrected chi connectivity index (χ2v) is 3.63. The minimum absolute atomic E-state index is 0.116. The van der Waals surface area contributed by atoms with E-state index in [-0.39, 0.29) is 12.7 Å². The van der Waals surface area contributed by atoms with Gasteiger partial charge in [0, 0.05) is 6.07 Å². The molecule has 1 aliphatic rings. The minimum atomic E-state index is -0.586. The van der Waals surface area contributed by atoms with Crippen molar-refractivity contribution in [2.24, 2.45) is 0 Å². The molecule has 6 heteroatoms. The van der Waals surface area contributed by atoms with Gasteiger partial charge in [-0.05, 0) is 17.7 Å². The third-order valence-corrected chi connectivity index (χ3v) is 2.49. The normalized spacial score (nSPS) is 13.0. The van der Waals surface area contributed by atoms with Crippen LogP contribution in [0.4, 0.5) is 10.3 Å². The predicted molar refractivity (Wildman–Crippen MR) is 57.3 cm³/mol. The number of halogens is 1. The Hall–Kier alpha value is -2.24. The van der Waals surface area contributed by atoms with Gasteiger partial charge in [-0.1, -0.05) is 5.16 Å². The lowest BCUT2D eigenvalue weighted by Gasteiger charge is -2.04. The SMILES string of the molecule is Nc1cc(-c2cc(CF)cc3c2OCO3)no1. The van der Waals surface area contributed by atoms with Crippen molar-refractivity contribution in [3.05, 3.63) is 23.8 Å². The summed E-state index contributed by atoms with van der Waals surface area (Å²) in [5.74, 6) is 1.24. The first-order valence-corrected chi connectivity index (χ1v) is 4.99. The molecule has 0 saturated carbocycles. The van der Waals surface area contributed by atoms with Crippen LogP contribution in [0.5, 0.6) is 11.5 Å². The maximum atomic E-state index is 12.7. The molecule has 1 aromatic heterocycles. The van der Waals surface area contributed by atoms with E-state index in [9.17, 15) is 4.39 Å². The number of fused-ring (bicyclic) bond motifs is 1. The van der Waals surface area contributed by atoms with Crippen LogP contribution in [0.1, 0.15) is 5.56 Å². The van der Waals surface area contributed by atoms with Crippen molar-refractivity contribution in [2.45, 2.75) is 6.67 Å². The lowest BCUT2D eigenvalue weighted by atomic mass is 10.1. The lowest BCUT2D eigenvalue weighted by Crippen LogP contribution is -1.93. The van der Waals surface area contributed by atoms with Crippen LogP contribution in [0, 0.1) is 0 Å². The van der Waals surface area contributed by atoms with Crippen LogP contribution in [0.15, 0.2) is 22.7 Å². The summed E-state index contributed by atoms with van der Waals surface area (Å²) in [5.41, 5.74) is 7.07. The molecule has 0 fully saturated rings. The first-order valence-electron chi connectivity index (χ1n) is 4.99. The summed E-state index contributed by atoms with van der Waals surface area (Å²) in [4.78, 5) is 0. The molecule has 3 rings (SSSR count). The second-order valence-electron chi connectivity index (χ2n) is 3.63. The zero-order chi connectivity index (χ0) is 11.8. The van der Waals surface area contributed by atoms with Gasteiger partial charge in [0.15, 0.2) is 11.5 Å². The third-order valence-electron chi connectivity index (χ3n) is 2.49. The number of hydrogen-bond donors (Lipinski definition) is 1. The van der Waals surface area contributed by atoms with E-state index >= 15 is 0 Å². The Kier molecular flexibility index (Phi) is 2.14. The molecule has 0 aliphatic carbocycles. The standard InChI is InChI=1S/C11H9FN2O3/c12-4-6-1-7(8-3-10(13)17-14-8)11-9(2-6)15-5-16-11/h1-3H,4-5,13H2. The summed E-state index contributed by atoms with van der Waals surface area (Å²) in [6.45, 7) is -0.470. The highest BCUT2D eigenvalue weighted by molar-refractivity contribution is 5.73. The Labute approximate surface area is 95.9 Å². The van der Waals surface area contributed by atoms with Crippen molar-refractivity contribution in [1.82, 2.24) is 5.16 Å². The van der Waals surface area contributed by atoms with Crippen molar-refractivity contribution in [1.29, 1.82) is 0 Å². The Morgan fingerprint density at radius 2 is 2.18 bits per heavy atom. The minimum Gasteiger partial charge on any atom is -0.454 e. The Morgan fingerprint density at radius 1 is 1.29 bits per heavy atom. The number of nitrogen functional groups attached to an aromatic ring is 1. The van der Waals surface area contributed by atoms with Gasteiger partial charge in [-0.15, -0.1) is 0 Å². The van der Waals surface area contributed by atoms with Crippen molar-refractivity contribution >= 4 is 5.88 Å². The first kappa shape index (κ1) is 9.95. The molecule has 0 saturated heterocycles. The summed E-state index contributed by atoms with van der Waals surface area (Å²) in [6, 6.07) is 4.80. The number of benzene rings is 1. The first-order chi connectivity index (χ1) is 8.28. The Bertz CT molecular complexity index is 568. The van der Waals surface area contributed by atoms with Crippen LogP contribution in [-0.2, 0) is 6.67 Å². The van der Waals surface area contributed by atoms with Crippen LogP contribution in [0.25, 0.3) is 11.3 Å². The quantitative estimate of drug-likeness (QED) is 0.864. The molecule has 2 heterocycles. The molecule has 0 bridgehead atoms. The highest BCUT2D eigenvalue weighted by Gasteiger charge is 2.22. The zero-order valence-electron chi connectivity index (χ0n) is 8.77. The summed E-state index contributed by atoms with van der Waals surface area (Å²) in [7, 11) is 0. The van der Waals surface area contributed by atoms with E-state index in [1.54, 1.807) is 18.2 Å². The highest BCUT2D eigenvalue weighted by Crippen LogP contribution is 2.42. The fourth-order valence-corrected chi connectivity index (χ4v) is 1.75. The van der Waals surface area contributed by atoms with Gasteiger partial charge in [0.1, 0.15) is 12.4 Å². The van der Waals surface area contributed by atoms with Crippen molar-refractivity contribution in [3.8, 4) is 22.8 Å². The number of alkyl halides is 1. The summed E-state index contributed by atoms with van der Waals surface area (Å²) < 4.78 is 28.1. The van der Waals surface area contributed by atoms with Crippen LogP contribution < -0.4 is 15.2 Å². The molecule has 0 amide bonds. The Balaban J connectivity index is 2.18. The Morgan fingerprint density at radius 3 is 2.88 bits per heavy atom. The van der Waals surface area contributed by atoms with Gasteiger partial charge >= 0.3 is 0 Å². The van der Waals surface area contributed by atoms with Crippen molar-refractivity contribution < 1.29 is 18.4 Å². The van der Waals surface area contributed by atoms with Gasteiger partial charge in [0.2, 0.25) is 12.7 Å². The molecule has 17 heavy (non-hydrogen) atoms. The van der Waals surface area contributed by atoms with Gasteiger partial charge in [-0.25, -0.2) is 4.39 Å². The molecule has 1 aliphatic heterocycles. The summed E-state index contributed by atoms with van der Waals surface area (Å²) in [6.07, 6.45) is 0. The maximum Gasteiger partial charge on any atom is 0.231 e.